The highest BCUT2D eigenvalue weighted by molar-refractivity contribution is 5.94. The highest BCUT2D eigenvalue weighted by Crippen LogP contribution is 2.09. The summed E-state index contributed by atoms with van der Waals surface area (Å²) in [6, 6.07) is 5.60. The quantitative estimate of drug-likeness (QED) is 0.825. The summed E-state index contributed by atoms with van der Waals surface area (Å²) in [5, 5.41) is 0. The first-order chi connectivity index (χ1) is 9.06. The molecular formula is C14H19FN2O2. The highest BCUT2D eigenvalue weighted by Gasteiger charge is 2.21. The molecule has 1 fully saturated rings. The Morgan fingerprint density at radius 3 is 2.79 bits per heavy atom. The summed E-state index contributed by atoms with van der Waals surface area (Å²) in [5.74, 6) is -0.451. The Morgan fingerprint density at radius 2 is 2.16 bits per heavy atom. The van der Waals surface area contributed by atoms with Crippen molar-refractivity contribution in [1.29, 1.82) is 0 Å². The number of hydrogen-bond donors (Lipinski definition) is 0. The third kappa shape index (κ3) is 3.75. The van der Waals surface area contributed by atoms with Crippen LogP contribution in [0.15, 0.2) is 24.3 Å². The maximum atomic E-state index is 12.8. The monoisotopic (exact) mass is 266 g/mol. The van der Waals surface area contributed by atoms with E-state index in [-0.39, 0.29) is 17.8 Å². The van der Waals surface area contributed by atoms with Crippen LogP contribution in [0.3, 0.4) is 0 Å². The van der Waals surface area contributed by atoms with Gasteiger partial charge in [-0.15, -0.1) is 0 Å². The molecule has 1 aliphatic heterocycles. The molecule has 1 heterocycles. The summed E-state index contributed by atoms with van der Waals surface area (Å²) in [5.41, 5.74) is 0.494. The molecule has 19 heavy (non-hydrogen) atoms. The van der Waals surface area contributed by atoms with Crippen molar-refractivity contribution < 1.29 is 13.9 Å². The number of hydrogen-bond acceptors (Lipinski definition) is 3. The number of carbonyl (C=O) groups excluding carboxylic acids is 1. The van der Waals surface area contributed by atoms with Gasteiger partial charge in [-0.1, -0.05) is 0 Å². The Kier molecular flexibility index (Phi) is 4.50. The lowest BCUT2D eigenvalue weighted by atomic mass is 10.2. The number of carbonyl (C=O) groups is 1. The summed E-state index contributed by atoms with van der Waals surface area (Å²) in [4.78, 5) is 16.0. The van der Waals surface area contributed by atoms with Crippen molar-refractivity contribution in [2.75, 3.05) is 40.3 Å². The van der Waals surface area contributed by atoms with E-state index in [9.17, 15) is 9.18 Å². The maximum Gasteiger partial charge on any atom is 0.253 e. The summed E-state index contributed by atoms with van der Waals surface area (Å²) < 4.78 is 18.4. The van der Waals surface area contributed by atoms with Crippen LogP contribution in [-0.2, 0) is 4.74 Å². The minimum absolute atomic E-state index is 0.0353. The smallest absolute Gasteiger partial charge is 0.253 e. The van der Waals surface area contributed by atoms with E-state index in [1.807, 2.05) is 7.05 Å². The Bertz CT molecular complexity index is 436. The molecule has 1 atom stereocenters. The summed E-state index contributed by atoms with van der Waals surface area (Å²) >= 11 is 0. The van der Waals surface area contributed by atoms with E-state index in [0.29, 0.717) is 18.7 Å². The summed E-state index contributed by atoms with van der Waals surface area (Å²) in [6.07, 6.45) is 0.0353. The van der Waals surface area contributed by atoms with Crippen molar-refractivity contribution in [2.24, 2.45) is 0 Å². The summed E-state index contributed by atoms with van der Waals surface area (Å²) in [7, 11) is 3.78. The molecule has 0 N–H and O–H groups in total. The molecule has 4 nitrogen and oxygen atoms in total. The van der Waals surface area contributed by atoms with Crippen molar-refractivity contribution >= 4 is 5.91 Å². The van der Waals surface area contributed by atoms with Crippen molar-refractivity contribution in [2.45, 2.75) is 6.10 Å². The zero-order valence-electron chi connectivity index (χ0n) is 11.3. The number of rotatable bonds is 3. The molecule has 1 aliphatic rings. The lowest BCUT2D eigenvalue weighted by Crippen LogP contribution is -2.46. The van der Waals surface area contributed by atoms with Crippen LogP contribution in [-0.4, -0.2) is 62.1 Å². The molecule has 1 aromatic carbocycles. The van der Waals surface area contributed by atoms with Crippen LogP contribution in [0, 0.1) is 5.82 Å². The van der Waals surface area contributed by atoms with Gasteiger partial charge >= 0.3 is 0 Å². The molecule has 0 saturated carbocycles. The maximum absolute atomic E-state index is 12.8. The van der Waals surface area contributed by atoms with Crippen LogP contribution in [0.1, 0.15) is 10.4 Å². The molecule has 0 spiro atoms. The molecule has 0 radical (unpaired) electrons. The van der Waals surface area contributed by atoms with Gasteiger partial charge < -0.3 is 14.5 Å². The van der Waals surface area contributed by atoms with Gasteiger partial charge in [0, 0.05) is 32.2 Å². The predicted molar refractivity (Wildman–Crippen MR) is 70.6 cm³/mol. The van der Waals surface area contributed by atoms with Gasteiger partial charge in [-0.25, -0.2) is 4.39 Å². The first kappa shape index (κ1) is 14.0. The average molecular weight is 266 g/mol. The standard InChI is InChI=1S/C14H19FN2O2/c1-16-7-8-19-13(9-16)10-17(2)14(18)11-3-5-12(15)6-4-11/h3-6,13H,7-10H2,1-2H3. The zero-order chi connectivity index (χ0) is 13.8. The van der Waals surface area contributed by atoms with Gasteiger partial charge in [-0.2, -0.15) is 0 Å². The Morgan fingerprint density at radius 1 is 1.47 bits per heavy atom. The highest BCUT2D eigenvalue weighted by atomic mass is 19.1. The Hall–Kier alpha value is -1.46. The Balaban J connectivity index is 1.93. The molecule has 1 aromatic rings. The SMILES string of the molecule is CN1CCOC(CN(C)C(=O)c2ccc(F)cc2)C1. The summed E-state index contributed by atoms with van der Waals surface area (Å²) in [6.45, 7) is 2.98. The predicted octanol–water partition coefficient (Wildman–Crippen LogP) is 1.23. The van der Waals surface area contributed by atoms with Gasteiger partial charge in [0.2, 0.25) is 0 Å². The number of benzene rings is 1. The second-order valence-corrected chi connectivity index (χ2v) is 4.95. The van der Waals surface area contributed by atoms with Gasteiger partial charge in [-0.3, -0.25) is 4.79 Å². The van der Waals surface area contributed by atoms with E-state index in [1.165, 1.54) is 24.3 Å². The largest absolute Gasteiger partial charge is 0.374 e. The molecule has 0 bridgehead atoms. The van der Waals surface area contributed by atoms with Crippen LogP contribution in [0.5, 0.6) is 0 Å². The topological polar surface area (TPSA) is 32.8 Å². The fourth-order valence-electron chi connectivity index (χ4n) is 2.18. The van der Waals surface area contributed by atoms with E-state index in [0.717, 1.165) is 13.1 Å². The molecule has 0 aliphatic carbocycles. The lowest BCUT2D eigenvalue weighted by molar-refractivity contribution is -0.0301. The molecule has 1 unspecified atom stereocenters. The van der Waals surface area contributed by atoms with E-state index in [2.05, 4.69) is 4.90 Å². The molecule has 1 saturated heterocycles. The third-order valence-electron chi connectivity index (χ3n) is 3.26. The van der Waals surface area contributed by atoms with Crippen LogP contribution in [0.4, 0.5) is 4.39 Å². The van der Waals surface area contributed by atoms with Gasteiger partial charge in [0.15, 0.2) is 0 Å². The van der Waals surface area contributed by atoms with E-state index < -0.39 is 0 Å². The van der Waals surface area contributed by atoms with E-state index in [4.69, 9.17) is 4.74 Å². The lowest BCUT2D eigenvalue weighted by Gasteiger charge is -2.32. The minimum atomic E-state index is -0.337. The number of nitrogens with zero attached hydrogens (tertiary/aromatic N) is 2. The number of amides is 1. The van der Waals surface area contributed by atoms with E-state index >= 15 is 0 Å². The number of likely N-dealkylation sites (N-methyl/N-ethyl adjacent to an activating group) is 2. The van der Waals surface area contributed by atoms with E-state index in [1.54, 1.807) is 11.9 Å². The van der Waals surface area contributed by atoms with Crippen molar-refractivity contribution in [1.82, 2.24) is 9.80 Å². The van der Waals surface area contributed by atoms with Crippen LogP contribution < -0.4 is 0 Å². The number of morpholine rings is 1. The molecule has 1 amide bonds. The van der Waals surface area contributed by atoms with Crippen molar-refractivity contribution in [3.63, 3.8) is 0 Å². The fourth-order valence-corrected chi connectivity index (χ4v) is 2.18. The number of halogens is 1. The first-order valence-corrected chi connectivity index (χ1v) is 6.37. The second kappa shape index (κ2) is 6.12. The van der Waals surface area contributed by atoms with Gasteiger partial charge in [0.1, 0.15) is 5.82 Å². The van der Waals surface area contributed by atoms with Crippen molar-refractivity contribution in [3.8, 4) is 0 Å². The minimum Gasteiger partial charge on any atom is -0.374 e. The molecule has 104 valence electrons. The average Bonchev–Trinajstić information content (AvgIpc) is 2.39. The number of ether oxygens (including phenoxy) is 1. The van der Waals surface area contributed by atoms with Crippen LogP contribution in [0.2, 0.25) is 0 Å². The van der Waals surface area contributed by atoms with Gasteiger partial charge in [-0.05, 0) is 31.3 Å². The molecular weight excluding hydrogens is 247 g/mol. The van der Waals surface area contributed by atoms with Gasteiger partial charge in [0.05, 0.1) is 12.7 Å². The fraction of sp³-hybridized carbons (Fsp3) is 0.500. The molecule has 5 heteroatoms. The van der Waals surface area contributed by atoms with Crippen LogP contribution in [0.25, 0.3) is 0 Å². The third-order valence-corrected chi connectivity index (χ3v) is 3.26. The zero-order valence-corrected chi connectivity index (χ0v) is 11.3. The van der Waals surface area contributed by atoms with Crippen molar-refractivity contribution in [3.05, 3.63) is 35.6 Å². The van der Waals surface area contributed by atoms with Gasteiger partial charge in [0.25, 0.3) is 5.91 Å². The normalized spacial score (nSPS) is 20.3. The second-order valence-electron chi connectivity index (χ2n) is 4.95. The molecule has 2 rings (SSSR count). The first-order valence-electron chi connectivity index (χ1n) is 6.37. The van der Waals surface area contributed by atoms with Crippen LogP contribution >= 0.6 is 0 Å². The Labute approximate surface area is 112 Å². The molecule has 0 aromatic heterocycles.